The zero-order chi connectivity index (χ0) is 18.4. The molecule has 2 aromatic rings. The number of para-hydroxylation sites is 1. The fraction of sp³-hybridized carbons (Fsp3) is 0.474. The average Bonchev–Trinajstić information content (AvgIpc) is 3.06. The van der Waals surface area contributed by atoms with Gasteiger partial charge in [0.05, 0.1) is 17.3 Å². The molecule has 1 atom stereocenters. The number of aromatic nitrogens is 1. The highest BCUT2D eigenvalue weighted by Gasteiger charge is 2.22. The van der Waals surface area contributed by atoms with E-state index in [1.54, 1.807) is 11.3 Å². The summed E-state index contributed by atoms with van der Waals surface area (Å²) in [5, 5.41) is 8.78. The largest absolute Gasteiger partial charge is 0.368 e. The molecule has 0 amide bonds. The van der Waals surface area contributed by atoms with Crippen LogP contribution in [0.5, 0.6) is 0 Å². The van der Waals surface area contributed by atoms with Crippen LogP contribution in [0.1, 0.15) is 29.7 Å². The molecular weight excluding hydrogens is 493 g/mol. The van der Waals surface area contributed by atoms with Crippen molar-refractivity contribution in [2.45, 2.75) is 39.3 Å². The molecule has 0 spiro atoms. The van der Waals surface area contributed by atoms with Crippen LogP contribution in [0.15, 0.2) is 35.5 Å². The molecule has 0 saturated carbocycles. The smallest absolute Gasteiger partial charge is 0.191 e. The lowest BCUT2D eigenvalue weighted by Crippen LogP contribution is -2.51. The van der Waals surface area contributed by atoms with E-state index in [4.69, 9.17) is 16.6 Å². The normalized spacial score (nSPS) is 17.4. The number of piperidine rings is 1. The Morgan fingerprint density at radius 1 is 1.41 bits per heavy atom. The number of anilines is 1. The van der Waals surface area contributed by atoms with Crippen LogP contribution in [0.4, 0.5) is 5.69 Å². The van der Waals surface area contributed by atoms with Crippen molar-refractivity contribution in [1.82, 2.24) is 15.6 Å². The molecule has 1 fully saturated rings. The summed E-state index contributed by atoms with van der Waals surface area (Å²) < 4.78 is 0. The van der Waals surface area contributed by atoms with Crippen LogP contribution in [-0.2, 0) is 6.54 Å². The minimum atomic E-state index is 0. The lowest BCUT2D eigenvalue weighted by Gasteiger charge is -2.35. The summed E-state index contributed by atoms with van der Waals surface area (Å²) in [4.78, 5) is 12.7. The van der Waals surface area contributed by atoms with Crippen LogP contribution in [-0.4, -0.2) is 36.6 Å². The van der Waals surface area contributed by atoms with Crippen molar-refractivity contribution < 1.29 is 0 Å². The minimum absolute atomic E-state index is 0. The molecule has 0 aliphatic carbocycles. The Hall–Kier alpha value is -1.06. The van der Waals surface area contributed by atoms with Gasteiger partial charge in [0.15, 0.2) is 5.96 Å². The molecule has 1 saturated heterocycles. The van der Waals surface area contributed by atoms with E-state index < -0.39 is 0 Å². The van der Waals surface area contributed by atoms with E-state index in [-0.39, 0.29) is 24.0 Å². The van der Waals surface area contributed by atoms with Gasteiger partial charge in [0.2, 0.25) is 0 Å². The Balaban J connectivity index is 0.00000261. The molecule has 2 N–H and O–H groups in total. The Labute approximate surface area is 187 Å². The van der Waals surface area contributed by atoms with Gasteiger partial charge in [-0.25, -0.2) is 9.98 Å². The molecule has 8 heteroatoms. The van der Waals surface area contributed by atoms with Crippen LogP contribution in [0.25, 0.3) is 0 Å². The Kier molecular flexibility index (Phi) is 9.11. The number of guanidine groups is 1. The maximum atomic E-state index is 6.38. The van der Waals surface area contributed by atoms with Crippen molar-refractivity contribution in [2.24, 2.45) is 4.99 Å². The Bertz CT molecular complexity index is 751. The molecule has 2 heterocycles. The van der Waals surface area contributed by atoms with E-state index in [9.17, 15) is 0 Å². The van der Waals surface area contributed by atoms with Crippen molar-refractivity contribution in [2.75, 3.05) is 24.5 Å². The predicted octanol–water partition coefficient (Wildman–Crippen LogP) is 4.45. The average molecular weight is 520 g/mol. The first-order valence-electron chi connectivity index (χ1n) is 9.11. The van der Waals surface area contributed by atoms with Crippen LogP contribution >= 0.6 is 46.9 Å². The van der Waals surface area contributed by atoms with E-state index in [1.807, 2.05) is 24.4 Å². The highest BCUT2D eigenvalue weighted by Crippen LogP contribution is 2.27. The van der Waals surface area contributed by atoms with E-state index in [1.165, 1.54) is 4.88 Å². The number of hydrogen-bond donors (Lipinski definition) is 2. The lowest BCUT2D eigenvalue weighted by atomic mass is 10.0. The third-order valence-electron chi connectivity index (χ3n) is 4.34. The molecule has 1 aromatic heterocycles. The summed E-state index contributed by atoms with van der Waals surface area (Å²) in [5.74, 6) is 0.853. The van der Waals surface area contributed by atoms with Gasteiger partial charge in [-0.1, -0.05) is 23.7 Å². The van der Waals surface area contributed by atoms with Gasteiger partial charge in [-0.15, -0.1) is 35.3 Å². The van der Waals surface area contributed by atoms with Gasteiger partial charge < -0.3 is 15.5 Å². The molecule has 3 rings (SSSR count). The number of aryl methyl sites for hydroxylation is 1. The van der Waals surface area contributed by atoms with Crippen molar-refractivity contribution >= 4 is 58.6 Å². The molecule has 1 aromatic carbocycles. The number of nitrogens with zero attached hydrogens (tertiary/aromatic N) is 3. The summed E-state index contributed by atoms with van der Waals surface area (Å²) in [6, 6.07) is 8.40. The van der Waals surface area contributed by atoms with Crippen molar-refractivity contribution in [1.29, 1.82) is 0 Å². The maximum Gasteiger partial charge on any atom is 0.191 e. The summed E-state index contributed by atoms with van der Waals surface area (Å²) in [6.45, 7) is 7.55. The predicted molar refractivity (Wildman–Crippen MR) is 127 cm³/mol. The van der Waals surface area contributed by atoms with Gasteiger partial charge in [-0.3, -0.25) is 0 Å². The van der Waals surface area contributed by atoms with Crippen LogP contribution < -0.4 is 15.5 Å². The third-order valence-corrected chi connectivity index (χ3v) is 5.56. The van der Waals surface area contributed by atoms with E-state index >= 15 is 0 Å². The number of rotatable bonds is 5. The second-order valence-electron chi connectivity index (χ2n) is 6.44. The number of nitrogens with one attached hydrogen (secondary N) is 2. The summed E-state index contributed by atoms with van der Waals surface area (Å²) in [6.07, 6.45) is 4.16. The third kappa shape index (κ3) is 6.50. The molecular formula is C19H27ClIN5S. The van der Waals surface area contributed by atoms with Crippen LogP contribution in [0, 0.1) is 6.92 Å². The maximum absolute atomic E-state index is 6.38. The number of hydrogen-bond acceptors (Lipinski definition) is 4. The Morgan fingerprint density at radius 3 is 2.93 bits per heavy atom. The number of halogens is 2. The molecule has 1 aliphatic rings. The van der Waals surface area contributed by atoms with Gasteiger partial charge in [0.1, 0.15) is 5.01 Å². The minimum Gasteiger partial charge on any atom is -0.368 e. The van der Waals surface area contributed by atoms with Gasteiger partial charge in [-0.2, -0.15) is 0 Å². The van der Waals surface area contributed by atoms with Crippen molar-refractivity contribution in [3.63, 3.8) is 0 Å². The molecule has 1 aliphatic heterocycles. The molecule has 148 valence electrons. The first kappa shape index (κ1) is 22.2. The van der Waals surface area contributed by atoms with Gasteiger partial charge >= 0.3 is 0 Å². The number of aliphatic imine (C=N–C) groups is 1. The number of thiazole rings is 1. The topological polar surface area (TPSA) is 52.6 Å². The summed E-state index contributed by atoms with van der Waals surface area (Å²) in [7, 11) is 0. The van der Waals surface area contributed by atoms with Crippen molar-refractivity contribution in [3.05, 3.63) is 45.4 Å². The fourth-order valence-corrected chi connectivity index (χ4v) is 4.12. The molecule has 0 bridgehead atoms. The molecule has 27 heavy (non-hydrogen) atoms. The van der Waals surface area contributed by atoms with Crippen LogP contribution in [0.2, 0.25) is 5.02 Å². The summed E-state index contributed by atoms with van der Waals surface area (Å²) >= 11 is 8.07. The number of benzene rings is 1. The highest BCUT2D eigenvalue weighted by molar-refractivity contribution is 14.0. The fourth-order valence-electron chi connectivity index (χ4n) is 3.16. The summed E-state index contributed by atoms with van der Waals surface area (Å²) in [5.41, 5.74) is 1.11. The lowest BCUT2D eigenvalue weighted by molar-refractivity contribution is 0.468. The monoisotopic (exact) mass is 519 g/mol. The highest BCUT2D eigenvalue weighted by atomic mass is 127. The van der Waals surface area contributed by atoms with Gasteiger partial charge in [-0.05, 0) is 38.8 Å². The van der Waals surface area contributed by atoms with Gasteiger partial charge in [0, 0.05) is 36.8 Å². The SMILES string of the molecule is CCNC(=NCc1ncc(C)s1)NC1CCCN(c2ccccc2Cl)C1.I. The molecule has 5 nitrogen and oxygen atoms in total. The van der Waals surface area contributed by atoms with E-state index in [0.29, 0.717) is 12.6 Å². The van der Waals surface area contributed by atoms with Crippen molar-refractivity contribution in [3.8, 4) is 0 Å². The first-order valence-corrected chi connectivity index (χ1v) is 10.3. The van der Waals surface area contributed by atoms with E-state index in [0.717, 1.165) is 54.2 Å². The second kappa shape index (κ2) is 11.1. The van der Waals surface area contributed by atoms with Gasteiger partial charge in [0.25, 0.3) is 0 Å². The molecule has 1 unspecified atom stereocenters. The molecule has 0 radical (unpaired) electrons. The van der Waals surface area contributed by atoms with Crippen LogP contribution in [0.3, 0.4) is 0 Å². The van der Waals surface area contributed by atoms with E-state index in [2.05, 4.69) is 40.4 Å². The first-order chi connectivity index (χ1) is 12.7. The Morgan fingerprint density at radius 2 is 2.22 bits per heavy atom. The zero-order valence-electron chi connectivity index (χ0n) is 15.7. The zero-order valence-corrected chi connectivity index (χ0v) is 19.6. The second-order valence-corrected chi connectivity index (χ2v) is 8.17. The quantitative estimate of drug-likeness (QED) is 0.348. The standard InChI is InChI=1S/C19H26ClN5S.HI/c1-3-21-19(23-12-18-22-11-14(2)26-18)24-15-7-6-10-25(13-15)17-9-5-4-8-16(17)20;/h4-5,8-9,11,15H,3,6-7,10,12-13H2,1-2H3,(H2,21,23,24);1H.